The van der Waals surface area contributed by atoms with Gasteiger partial charge in [0, 0.05) is 28.6 Å². The van der Waals surface area contributed by atoms with Crippen LogP contribution in [0.3, 0.4) is 0 Å². The van der Waals surface area contributed by atoms with Crippen molar-refractivity contribution in [1.82, 2.24) is 0 Å². The van der Waals surface area contributed by atoms with Crippen molar-refractivity contribution in [2.45, 2.75) is 46.5 Å². The fourth-order valence-corrected chi connectivity index (χ4v) is 2.81. The number of carbonyl (C=O) groups excluding carboxylic acids is 3. The maximum atomic E-state index is 12.3. The number of ether oxygens (including phenoxy) is 1. The minimum absolute atomic E-state index is 0.0443. The summed E-state index contributed by atoms with van der Waals surface area (Å²) in [4.78, 5) is 35.8. The van der Waals surface area contributed by atoms with Crippen LogP contribution in [0.25, 0.3) is 0 Å². The zero-order chi connectivity index (χ0) is 22.6. The summed E-state index contributed by atoms with van der Waals surface area (Å²) < 4.78 is 5.69. The first-order valence-corrected chi connectivity index (χ1v) is 10.5. The second kappa shape index (κ2) is 12.3. The SMILES string of the molecule is CCCCCCOc1ccc(NC(=O)/C=C(/C)C(=O)Nc2ccc(C(C)=O)cc2)cc1. The smallest absolute Gasteiger partial charge is 0.251 e. The van der Waals surface area contributed by atoms with Gasteiger partial charge in [0.15, 0.2) is 5.78 Å². The quantitative estimate of drug-likeness (QED) is 0.290. The van der Waals surface area contributed by atoms with Crippen molar-refractivity contribution in [3.8, 4) is 5.75 Å². The molecule has 0 aliphatic carbocycles. The van der Waals surface area contributed by atoms with Crippen molar-refractivity contribution < 1.29 is 19.1 Å². The maximum Gasteiger partial charge on any atom is 0.251 e. The topological polar surface area (TPSA) is 84.5 Å². The molecular weight excluding hydrogens is 392 g/mol. The molecule has 0 aromatic heterocycles. The molecule has 0 unspecified atom stereocenters. The van der Waals surface area contributed by atoms with Crippen LogP contribution in [0.1, 0.15) is 56.8 Å². The average molecular weight is 423 g/mol. The summed E-state index contributed by atoms with van der Waals surface area (Å²) >= 11 is 0. The second-order valence-corrected chi connectivity index (χ2v) is 7.34. The van der Waals surface area contributed by atoms with E-state index in [4.69, 9.17) is 4.74 Å². The number of amides is 2. The third kappa shape index (κ3) is 8.46. The van der Waals surface area contributed by atoms with E-state index in [0.717, 1.165) is 18.6 Å². The molecule has 2 amide bonds. The third-order valence-electron chi connectivity index (χ3n) is 4.64. The van der Waals surface area contributed by atoms with Crippen molar-refractivity contribution >= 4 is 29.0 Å². The highest BCUT2D eigenvalue weighted by Crippen LogP contribution is 2.17. The minimum Gasteiger partial charge on any atom is -0.494 e. The number of rotatable bonds is 11. The van der Waals surface area contributed by atoms with E-state index in [2.05, 4.69) is 17.6 Å². The lowest BCUT2D eigenvalue weighted by atomic mass is 10.1. The zero-order valence-corrected chi connectivity index (χ0v) is 18.4. The van der Waals surface area contributed by atoms with Crippen molar-refractivity contribution in [3.63, 3.8) is 0 Å². The highest BCUT2D eigenvalue weighted by Gasteiger charge is 2.08. The van der Waals surface area contributed by atoms with Gasteiger partial charge >= 0.3 is 0 Å². The maximum absolute atomic E-state index is 12.3. The van der Waals surface area contributed by atoms with Crippen LogP contribution in [0.2, 0.25) is 0 Å². The molecule has 2 aromatic rings. The molecular formula is C25H30N2O4. The predicted molar refractivity (Wildman–Crippen MR) is 124 cm³/mol. The predicted octanol–water partition coefficient (Wildman–Crippen LogP) is 5.37. The van der Waals surface area contributed by atoms with E-state index < -0.39 is 11.8 Å². The fraction of sp³-hybridized carbons (Fsp3) is 0.320. The Kier molecular flexibility index (Phi) is 9.49. The first kappa shape index (κ1) is 23.9. The van der Waals surface area contributed by atoms with Crippen LogP contribution in [0, 0.1) is 0 Å². The largest absolute Gasteiger partial charge is 0.494 e. The molecule has 31 heavy (non-hydrogen) atoms. The number of anilines is 2. The van der Waals surface area contributed by atoms with Crippen molar-refractivity contribution in [3.05, 3.63) is 65.7 Å². The molecule has 0 bridgehead atoms. The summed E-state index contributed by atoms with van der Waals surface area (Å²) in [5, 5.41) is 5.44. The van der Waals surface area contributed by atoms with Gasteiger partial charge in [-0.3, -0.25) is 14.4 Å². The molecule has 0 aliphatic rings. The van der Waals surface area contributed by atoms with Crippen molar-refractivity contribution in [2.75, 3.05) is 17.2 Å². The molecule has 0 spiro atoms. The van der Waals surface area contributed by atoms with Crippen LogP contribution >= 0.6 is 0 Å². The molecule has 0 fully saturated rings. The normalized spacial score (nSPS) is 11.0. The van der Waals surface area contributed by atoms with Gasteiger partial charge in [0.2, 0.25) is 5.91 Å². The number of Topliss-reactive ketones (excluding diaryl/α,β-unsaturated/α-hetero) is 1. The first-order chi connectivity index (χ1) is 14.9. The molecule has 6 heteroatoms. The Hall–Kier alpha value is -3.41. The van der Waals surface area contributed by atoms with E-state index in [1.807, 2.05) is 12.1 Å². The van der Waals surface area contributed by atoms with Crippen molar-refractivity contribution in [2.24, 2.45) is 0 Å². The second-order valence-electron chi connectivity index (χ2n) is 7.34. The van der Waals surface area contributed by atoms with E-state index in [0.29, 0.717) is 23.5 Å². The Morgan fingerprint density at radius 1 is 0.839 bits per heavy atom. The molecule has 2 N–H and O–H groups in total. The van der Waals surface area contributed by atoms with Gasteiger partial charge in [0.25, 0.3) is 5.91 Å². The van der Waals surface area contributed by atoms with Gasteiger partial charge in [0.1, 0.15) is 5.75 Å². The van der Waals surface area contributed by atoms with Gasteiger partial charge in [-0.2, -0.15) is 0 Å². The first-order valence-electron chi connectivity index (χ1n) is 10.5. The monoisotopic (exact) mass is 422 g/mol. The number of unbranched alkanes of at least 4 members (excludes halogenated alkanes) is 3. The molecule has 6 nitrogen and oxygen atoms in total. The van der Waals surface area contributed by atoms with Crippen LogP contribution in [-0.4, -0.2) is 24.2 Å². The lowest BCUT2D eigenvalue weighted by Gasteiger charge is -2.08. The summed E-state index contributed by atoms with van der Waals surface area (Å²) in [7, 11) is 0. The Balaban J connectivity index is 1.84. The summed E-state index contributed by atoms with van der Waals surface area (Å²) in [5.74, 6) is -0.0704. The van der Waals surface area contributed by atoms with E-state index in [9.17, 15) is 14.4 Å². The van der Waals surface area contributed by atoms with Crippen LogP contribution in [0.5, 0.6) is 5.75 Å². The van der Waals surface area contributed by atoms with Gasteiger partial charge in [-0.25, -0.2) is 0 Å². The van der Waals surface area contributed by atoms with Gasteiger partial charge in [-0.1, -0.05) is 26.2 Å². The summed E-state index contributed by atoms with van der Waals surface area (Å²) in [6, 6.07) is 13.7. The van der Waals surface area contributed by atoms with Crippen LogP contribution in [0.15, 0.2) is 60.2 Å². The van der Waals surface area contributed by atoms with Crippen LogP contribution in [-0.2, 0) is 9.59 Å². The zero-order valence-electron chi connectivity index (χ0n) is 18.4. The summed E-state index contributed by atoms with van der Waals surface area (Å²) in [6.07, 6.45) is 5.84. The number of hydrogen-bond donors (Lipinski definition) is 2. The Labute approximate surface area is 183 Å². The Morgan fingerprint density at radius 2 is 1.45 bits per heavy atom. The molecule has 2 aromatic carbocycles. The van der Waals surface area contributed by atoms with Crippen molar-refractivity contribution in [1.29, 1.82) is 0 Å². The van der Waals surface area contributed by atoms with E-state index in [1.54, 1.807) is 43.3 Å². The fourth-order valence-electron chi connectivity index (χ4n) is 2.81. The van der Waals surface area contributed by atoms with Gasteiger partial charge in [-0.05, 0) is 68.8 Å². The minimum atomic E-state index is -0.396. The number of benzene rings is 2. The number of nitrogens with one attached hydrogen (secondary N) is 2. The Morgan fingerprint density at radius 3 is 2.06 bits per heavy atom. The molecule has 0 radical (unpaired) electrons. The van der Waals surface area contributed by atoms with Crippen LogP contribution < -0.4 is 15.4 Å². The molecule has 0 heterocycles. The number of hydrogen-bond acceptors (Lipinski definition) is 4. The number of ketones is 1. The lowest BCUT2D eigenvalue weighted by Crippen LogP contribution is -2.16. The summed E-state index contributed by atoms with van der Waals surface area (Å²) in [6.45, 7) is 5.90. The Bertz CT molecular complexity index is 916. The molecule has 0 saturated heterocycles. The highest BCUT2D eigenvalue weighted by atomic mass is 16.5. The van der Waals surface area contributed by atoms with Gasteiger partial charge < -0.3 is 15.4 Å². The lowest BCUT2D eigenvalue weighted by molar-refractivity contribution is -0.114. The molecule has 0 saturated carbocycles. The molecule has 0 aliphatic heterocycles. The average Bonchev–Trinajstić information content (AvgIpc) is 2.75. The standard InChI is InChI=1S/C25H30N2O4/c1-4-5-6-7-16-31-23-14-12-21(13-15-23)26-24(29)17-18(2)25(30)27-22-10-8-20(9-11-22)19(3)28/h8-15,17H,4-7,16H2,1-3H3,(H,26,29)(H,27,30)/b18-17-. The molecule has 164 valence electrons. The third-order valence-corrected chi connectivity index (χ3v) is 4.64. The van der Waals surface area contributed by atoms with E-state index in [1.165, 1.54) is 25.8 Å². The van der Waals surface area contributed by atoms with Crippen LogP contribution in [0.4, 0.5) is 11.4 Å². The van der Waals surface area contributed by atoms with E-state index in [-0.39, 0.29) is 11.4 Å². The number of carbonyl (C=O) groups is 3. The van der Waals surface area contributed by atoms with Gasteiger partial charge in [-0.15, -0.1) is 0 Å². The molecule has 2 rings (SSSR count). The van der Waals surface area contributed by atoms with E-state index >= 15 is 0 Å². The highest BCUT2D eigenvalue weighted by molar-refractivity contribution is 6.10. The molecule has 0 atom stereocenters. The van der Waals surface area contributed by atoms with Gasteiger partial charge in [0.05, 0.1) is 6.61 Å². The summed E-state index contributed by atoms with van der Waals surface area (Å²) in [5.41, 5.74) is 2.00.